The fraction of sp³-hybridized carbons (Fsp3) is 0.250. The molecule has 0 radical (unpaired) electrons. The zero-order valence-electron chi connectivity index (χ0n) is 15.3. The first kappa shape index (κ1) is 18.8. The van der Waals surface area contributed by atoms with Gasteiger partial charge in [0, 0.05) is 17.6 Å². The summed E-state index contributed by atoms with van der Waals surface area (Å²) in [5.41, 5.74) is 2.10. The molecule has 27 heavy (non-hydrogen) atoms. The summed E-state index contributed by atoms with van der Waals surface area (Å²) >= 11 is 1.47. The number of rotatable bonds is 8. The number of pyridine rings is 1. The summed E-state index contributed by atoms with van der Waals surface area (Å²) in [6.45, 7) is 4.87. The van der Waals surface area contributed by atoms with E-state index in [1.165, 1.54) is 11.3 Å². The van der Waals surface area contributed by atoms with E-state index in [0.717, 1.165) is 10.7 Å². The number of anilines is 1. The minimum absolute atomic E-state index is 0.164. The molecule has 0 aliphatic carbocycles. The van der Waals surface area contributed by atoms with Crippen molar-refractivity contribution in [3.05, 3.63) is 53.7 Å². The van der Waals surface area contributed by atoms with Gasteiger partial charge in [0.15, 0.2) is 0 Å². The molecule has 0 atom stereocenters. The third-order valence-corrected chi connectivity index (χ3v) is 4.53. The monoisotopic (exact) mass is 383 g/mol. The zero-order chi connectivity index (χ0) is 19.1. The van der Waals surface area contributed by atoms with Crippen LogP contribution in [0.4, 0.5) is 5.69 Å². The molecule has 1 amide bonds. The van der Waals surface area contributed by atoms with Gasteiger partial charge >= 0.3 is 0 Å². The highest BCUT2D eigenvalue weighted by Crippen LogP contribution is 2.30. The second-order valence-electron chi connectivity index (χ2n) is 5.61. The topological polar surface area (TPSA) is 73.3 Å². The van der Waals surface area contributed by atoms with Crippen LogP contribution in [-0.2, 0) is 11.2 Å². The Morgan fingerprint density at radius 2 is 2.00 bits per heavy atom. The maximum absolute atomic E-state index is 12.5. The Kier molecular flexibility index (Phi) is 6.38. The number of hydrogen-bond donors (Lipinski definition) is 1. The van der Waals surface area contributed by atoms with Gasteiger partial charge in [0.1, 0.15) is 16.5 Å². The lowest BCUT2D eigenvalue weighted by atomic mass is 10.2. The summed E-state index contributed by atoms with van der Waals surface area (Å²) in [4.78, 5) is 21.3. The van der Waals surface area contributed by atoms with E-state index in [2.05, 4.69) is 15.3 Å². The lowest BCUT2D eigenvalue weighted by molar-refractivity contribution is -0.115. The van der Waals surface area contributed by atoms with E-state index in [9.17, 15) is 4.79 Å². The van der Waals surface area contributed by atoms with Crippen LogP contribution in [0, 0.1) is 0 Å². The van der Waals surface area contributed by atoms with Crippen molar-refractivity contribution in [1.82, 2.24) is 9.97 Å². The van der Waals surface area contributed by atoms with Crippen LogP contribution in [-0.4, -0.2) is 29.1 Å². The number of amides is 1. The molecule has 1 aromatic carbocycles. The smallest absolute Gasteiger partial charge is 0.230 e. The van der Waals surface area contributed by atoms with Crippen LogP contribution in [0.25, 0.3) is 10.7 Å². The van der Waals surface area contributed by atoms with E-state index in [1.54, 1.807) is 18.3 Å². The summed E-state index contributed by atoms with van der Waals surface area (Å²) in [6.07, 6.45) is 1.90. The van der Waals surface area contributed by atoms with Gasteiger partial charge in [-0.3, -0.25) is 9.78 Å². The molecular formula is C20H21N3O3S. The molecule has 2 aromatic heterocycles. The van der Waals surface area contributed by atoms with Gasteiger partial charge in [-0.05, 0) is 38.1 Å². The number of nitrogens with one attached hydrogen (secondary N) is 1. The molecule has 0 saturated carbocycles. The van der Waals surface area contributed by atoms with E-state index < -0.39 is 0 Å². The quantitative estimate of drug-likeness (QED) is 0.632. The Morgan fingerprint density at radius 3 is 2.74 bits per heavy atom. The van der Waals surface area contributed by atoms with Crippen LogP contribution >= 0.6 is 11.3 Å². The molecule has 7 heteroatoms. The molecule has 0 aliphatic heterocycles. The average Bonchev–Trinajstić information content (AvgIpc) is 3.13. The number of ether oxygens (including phenoxy) is 2. The Labute approximate surface area is 162 Å². The number of carbonyl (C=O) groups excluding carboxylic acids is 1. The third-order valence-electron chi connectivity index (χ3n) is 3.61. The third kappa shape index (κ3) is 5.04. The van der Waals surface area contributed by atoms with Crippen LogP contribution in [0.2, 0.25) is 0 Å². The molecule has 140 valence electrons. The second-order valence-corrected chi connectivity index (χ2v) is 6.47. The predicted octanol–water partition coefficient (Wildman–Crippen LogP) is 4.18. The Hall–Kier alpha value is -2.93. The van der Waals surface area contributed by atoms with Crippen molar-refractivity contribution in [3.8, 4) is 22.2 Å². The Balaban J connectivity index is 1.70. The van der Waals surface area contributed by atoms with E-state index >= 15 is 0 Å². The minimum Gasteiger partial charge on any atom is -0.494 e. The van der Waals surface area contributed by atoms with Crippen molar-refractivity contribution in [1.29, 1.82) is 0 Å². The lowest BCUT2D eigenvalue weighted by Crippen LogP contribution is -2.15. The van der Waals surface area contributed by atoms with Gasteiger partial charge in [0.05, 0.1) is 36.7 Å². The number of nitrogens with zero attached hydrogens (tertiary/aromatic N) is 2. The van der Waals surface area contributed by atoms with E-state index in [-0.39, 0.29) is 12.3 Å². The summed E-state index contributed by atoms with van der Waals surface area (Å²) in [5, 5.41) is 5.57. The molecule has 0 unspecified atom stereocenters. The van der Waals surface area contributed by atoms with E-state index in [0.29, 0.717) is 36.1 Å². The molecular weight excluding hydrogens is 362 g/mol. The van der Waals surface area contributed by atoms with Gasteiger partial charge in [-0.25, -0.2) is 4.98 Å². The van der Waals surface area contributed by atoms with Crippen molar-refractivity contribution in [2.24, 2.45) is 0 Å². The maximum atomic E-state index is 12.5. The molecule has 0 aliphatic rings. The van der Waals surface area contributed by atoms with Crippen LogP contribution in [0.5, 0.6) is 11.5 Å². The molecule has 0 spiro atoms. The summed E-state index contributed by atoms with van der Waals surface area (Å²) in [6, 6.07) is 11.1. The molecule has 0 fully saturated rings. The van der Waals surface area contributed by atoms with Gasteiger partial charge < -0.3 is 14.8 Å². The fourth-order valence-electron chi connectivity index (χ4n) is 2.50. The maximum Gasteiger partial charge on any atom is 0.230 e. The van der Waals surface area contributed by atoms with Crippen molar-refractivity contribution >= 4 is 22.9 Å². The van der Waals surface area contributed by atoms with E-state index in [4.69, 9.17) is 9.47 Å². The van der Waals surface area contributed by atoms with Crippen LogP contribution < -0.4 is 14.8 Å². The molecule has 2 heterocycles. The number of benzene rings is 1. The molecule has 0 bridgehead atoms. The number of thiazole rings is 1. The Bertz CT molecular complexity index is 896. The standard InChI is InChI=1S/C20H21N3O3S/c1-3-25-15-8-9-18(26-4-2)17(12-15)23-19(24)11-14-13-27-20(22-14)16-7-5-6-10-21-16/h5-10,12-13H,3-4,11H2,1-2H3,(H,23,24). The first-order chi connectivity index (χ1) is 13.2. The van der Waals surface area contributed by atoms with Crippen LogP contribution in [0.15, 0.2) is 48.0 Å². The SMILES string of the molecule is CCOc1ccc(OCC)c(NC(=O)Cc2csc(-c3ccccn3)n2)c1. The highest BCUT2D eigenvalue weighted by molar-refractivity contribution is 7.13. The van der Waals surface area contributed by atoms with Crippen molar-refractivity contribution in [2.45, 2.75) is 20.3 Å². The van der Waals surface area contributed by atoms with Crippen molar-refractivity contribution in [3.63, 3.8) is 0 Å². The predicted molar refractivity (Wildman–Crippen MR) is 106 cm³/mol. The fourth-order valence-corrected chi connectivity index (χ4v) is 3.29. The number of aromatic nitrogens is 2. The number of hydrogen-bond acceptors (Lipinski definition) is 6. The van der Waals surface area contributed by atoms with Crippen molar-refractivity contribution in [2.75, 3.05) is 18.5 Å². The lowest BCUT2D eigenvalue weighted by Gasteiger charge is -2.13. The van der Waals surface area contributed by atoms with Gasteiger partial charge in [-0.1, -0.05) is 6.07 Å². The highest BCUT2D eigenvalue weighted by Gasteiger charge is 2.13. The second kappa shape index (κ2) is 9.14. The van der Waals surface area contributed by atoms with E-state index in [1.807, 2.05) is 43.5 Å². The largest absolute Gasteiger partial charge is 0.494 e. The molecule has 1 N–H and O–H groups in total. The first-order valence-corrected chi connectivity index (χ1v) is 9.62. The molecule has 6 nitrogen and oxygen atoms in total. The minimum atomic E-state index is -0.164. The molecule has 3 aromatic rings. The van der Waals surface area contributed by atoms with Gasteiger partial charge in [0.25, 0.3) is 0 Å². The summed E-state index contributed by atoms with van der Waals surface area (Å²) in [5.74, 6) is 1.13. The van der Waals surface area contributed by atoms with Gasteiger partial charge in [-0.2, -0.15) is 0 Å². The highest BCUT2D eigenvalue weighted by atomic mass is 32.1. The average molecular weight is 383 g/mol. The van der Waals surface area contributed by atoms with Crippen molar-refractivity contribution < 1.29 is 14.3 Å². The summed E-state index contributed by atoms with van der Waals surface area (Å²) in [7, 11) is 0. The Morgan fingerprint density at radius 1 is 1.15 bits per heavy atom. The normalized spacial score (nSPS) is 10.4. The number of carbonyl (C=O) groups is 1. The zero-order valence-corrected chi connectivity index (χ0v) is 16.1. The van der Waals surface area contributed by atoms with Crippen LogP contribution in [0.1, 0.15) is 19.5 Å². The molecule has 0 saturated heterocycles. The summed E-state index contributed by atoms with van der Waals surface area (Å²) < 4.78 is 11.1. The van der Waals surface area contributed by atoms with Gasteiger partial charge in [0.2, 0.25) is 5.91 Å². The molecule has 3 rings (SSSR count). The first-order valence-electron chi connectivity index (χ1n) is 8.75. The van der Waals surface area contributed by atoms with Gasteiger partial charge in [-0.15, -0.1) is 11.3 Å². The van der Waals surface area contributed by atoms with Crippen LogP contribution in [0.3, 0.4) is 0 Å².